The molecule has 0 aliphatic rings. The lowest BCUT2D eigenvalue weighted by Gasteiger charge is -2.28. The lowest BCUT2D eigenvalue weighted by molar-refractivity contribution is -0.00670. The summed E-state index contributed by atoms with van der Waals surface area (Å²) in [5.41, 5.74) is 2.08. The minimum absolute atomic E-state index is 0.0997. The number of hydrogen-bond donors (Lipinski definition) is 2. The lowest BCUT2D eigenvalue weighted by Crippen LogP contribution is -2.34. The molecule has 0 aliphatic carbocycles. The first-order chi connectivity index (χ1) is 9.61. The second-order valence-electron chi connectivity index (χ2n) is 5.38. The van der Waals surface area contributed by atoms with E-state index >= 15 is 0 Å². The molecule has 4 atom stereocenters. The summed E-state index contributed by atoms with van der Waals surface area (Å²) >= 11 is 0. The predicted octanol–water partition coefficient (Wildman–Crippen LogP) is 3.32. The van der Waals surface area contributed by atoms with Gasteiger partial charge in [0, 0.05) is 11.8 Å². The van der Waals surface area contributed by atoms with Crippen LogP contribution in [0.15, 0.2) is 60.7 Å². The van der Waals surface area contributed by atoms with Crippen LogP contribution >= 0.6 is 0 Å². The highest BCUT2D eigenvalue weighted by Crippen LogP contribution is 2.28. The van der Waals surface area contributed by atoms with Gasteiger partial charge in [-0.2, -0.15) is 0 Å². The molecule has 2 nitrogen and oxygen atoms in total. The Labute approximate surface area is 120 Å². The van der Waals surface area contributed by atoms with E-state index in [1.54, 1.807) is 0 Å². The maximum absolute atomic E-state index is 10.4. The highest BCUT2D eigenvalue weighted by molar-refractivity contribution is 5.23. The summed E-state index contributed by atoms with van der Waals surface area (Å²) < 4.78 is 0. The fourth-order valence-electron chi connectivity index (χ4n) is 2.50. The van der Waals surface area contributed by atoms with E-state index in [1.807, 2.05) is 74.5 Å². The molecule has 0 saturated carbocycles. The van der Waals surface area contributed by atoms with E-state index in [9.17, 15) is 10.2 Å². The first kappa shape index (κ1) is 14.8. The molecular weight excluding hydrogens is 248 g/mol. The molecule has 2 heteroatoms. The number of benzene rings is 2. The van der Waals surface area contributed by atoms with Gasteiger partial charge in [-0.05, 0) is 11.1 Å². The molecule has 2 N–H and O–H groups in total. The van der Waals surface area contributed by atoms with Gasteiger partial charge in [0.25, 0.3) is 0 Å². The zero-order chi connectivity index (χ0) is 14.5. The summed E-state index contributed by atoms with van der Waals surface area (Å²) in [6.45, 7) is 3.89. The van der Waals surface area contributed by atoms with Crippen LogP contribution in [0.2, 0.25) is 0 Å². The summed E-state index contributed by atoms with van der Waals surface area (Å²) in [6.07, 6.45) is -1.57. The van der Waals surface area contributed by atoms with Crippen LogP contribution in [-0.4, -0.2) is 22.4 Å². The van der Waals surface area contributed by atoms with E-state index in [4.69, 9.17) is 0 Å². The fraction of sp³-hybridized carbons (Fsp3) is 0.333. The third-order valence-corrected chi connectivity index (χ3v) is 4.03. The van der Waals surface area contributed by atoms with Gasteiger partial charge in [-0.25, -0.2) is 0 Å². The normalized spacial score (nSPS) is 17.2. The first-order valence-corrected chi connectivity index (χ1v) is 7.07. The molecule has 0 fully saturated rings. The van der Waals surface area contributed by atoms with Gasteiger partial charge in [0.1, 0.15) is 0 Å². The van der Waals surface area contributed by atoms with Crippen LogP contribution in [-0.2, 0) is 0 Å². The predicted molar refractivity (Wildman–Crippen MR) is 81.7 cm³/mol. The Morgan fingerprint density at radius 2 is 0.900 bits per heavy atom. The van der Waals surface area contributed by atoms with Crippen molar-refractivity contribution in [2.24, 2.45) is 0 Å². The van der Waals surface area contributed by atoms with Crippen LogP contribution in [0.5, 0.6) is 0 Å². The van der Waals surface area contributed by atoms with Crippen molar-refractivity contribution in [2.75, 3.05) is 0 Å². The smallest absolute Gasteiger partial charge is 0.0870 e. The average molecular weight is 270 g/mol. The minimum atomic E-state index is -0.785. The van der Waals surface area contributed by atoms with Crippen molar-refractivity contribution in [3.05, 3.63) is 71.8 Å². The van der Waals surface area contributed by atoms with Crippen molar-refractivity contribution in [1.29, 1.82) is 0 Å². The molecule has 0 saturated heterocycles. The molecule has 0 amide bonds. The summed E-state index contributed by atoms with van der Waals surface area (Å²) in [6, 6.07) is 19.6. The second-order valence-corrected chi connectivity index (χ2v) is 5.38. The monoisotopic (exact) mass is 270 g/mol. The van der Waals surface area contributed by atoms with Gasteiger partial charge in [0.2, 0.25) is 0 Å². The van der Waals surface area contributed by atoms with Crippen molar-refractivity contribution in [3.63, 3.8) is 0 Å². The largest absolute Gasteiger partial charge is 0.390 e. The molecule has 2 aromatic carbocycles. The summed E-state index contributed by atoms with van der Waals surface area (Å²) in [7, 11) is 0. The SMILES string of the molecule is C[C@H](c1ccccc1)[C@H](O)[C@@H](O)[C@@H](C)c1ccccc1. The van der Waals surface area contributed by atoms with Gasteiger partial charge in [-0.15, -0.1) is 0 Å². The van der Waals surface area contributed by atoms with Crippen molar-refractivity contribution < 1.29 is 10.2 Å². The van der Waals surface area contributed by atoms with Crippen molar-refractivity contribution in [3.8, 4) is 0 Å². The Bertz CT molecular complexity index is 460. The molecule has 2 rings (SSSR count). The van der Waals surface area contributed by atoms with Crippen LogP contribution in [0.1, 0.15) is 36.8 Å². The number of aliphatic hydroxyl groups excluding tert-OH is 2. The molecular formula is C18H22O2. The van der Waals surface area contributed by atoms with E-state index in [2.05, 4.69) is 0 Å². The van der Waals surface area contributed by atoms with Crippen LogP contribution in [0.25, 0.3) is 0 Å². The van der Waals surface area contributed by atoms with Gasteiger partial charge in [-0.3, -0.25) is 0 Å². The van der Waals surface area contributed by atoms with Crippen LogP contribution in [0.4, 0.5) is 0 Å². The van der Waals surface area contributed by atoms with E-state index in [-0.39, 0.29) is 11.8 Å². The van der Waals surface area contributed by atoms with Crippen LogP contribution < -0.4 is 0 Å². The van der Waals surface area contributed by atoms with Gasteiger partial charge >= 0.3 is 0 Å². The maximum Gasteiger partial charge on any atom is 0.0870 e. The zero-order valence-electron chi connectivity index (χ0n) is 12.0. The van der Waals surface area contributed by atoms with E-state index in [0.29, 0.717) is 0 Å². The third-order valence-electron chi connectivity index (χ3n) is 4.03. The summed E-state index contributed by atoms with van der Waals surface area (Å²) in [5.74, 6) is -0.199. The standard InChI is InChI=1S/C18H22O2/c1-13(15-9-5-3-6-10-15)17(19)18(20)14(2)16-11-7-4-8-12-16/h3-14,17-20H,1-2H3/t13-,14+,17-,18-/m0/s1. The maximum atomic E-state index is 10.4. The highest BCUT2D eigenvalue weighted by atomic mass is 16.3. The van der Waals surface area contributed by atoms with Gasteiger partial charge < -0.3 is 10.2 Å². The number of rotatable bonds is 5. The molecule has 0 heterocycles. The summed E-state index contributed by atoms with van der Waals surface area (Å²) in [4.78, 5) is 0. The first-order valence-electron chi connectivity index (χ1n) is 7.07. The zero-order valence-corrected chi connectivity index (χ0v) is 12.0. The van der Waals surface area contributed by atoms with Gasteiger partial charge in [0.05, 0.1) is 12.2 Å². The number of hydrogen-bond acceptors (Lipinski definition) is 2. The molecule has 0 radical (unpaired) electrons. The lowest BCUT2D eigenvalue weighted by atomic mass is 9.84. The van der Waals surface area contributed by atoms with E-state index in [1.165, 1.54) is 0 Å². The Kier molecular flexibility index (Phi) is 4.94. The van der Waals surface area contributed by atoms with Crippen LogP contribution in [0.3, 0.4) is 0 Å². The summed E-state index contributed by atoms with van der Waals surface area (Å²) in [5, 5.41) is 20.8. The average Bonchev–Trinajstić information content (AvgIpc) is 2.53. The molecule has 0 unspecified atom stereocenters. The Balaban J connectivity index is 2.10. The molecule has 0 aliphatic heterocycles. The van der Waals surface area contributed by atoms with Crippen molar-refractivity contribution in [2.45, 2.75) is 37.9 Å². The number of aliphatic hydroxyl groups is 2. The van der Waals surface area contributed by atoms with Crippen LogP contribution in [0, 0.1) is 0 Å². The second kappa shape index (κ2) is 6.69. The molecule has 2 aromatic rings. The fourth-order valence-corrected chi connectivity index (χ4v) is 2.50. The molecule has 0 bridgehead atoms. The minimum Gasteiger partial charge on any atom is -0.390 e. The van der Waals surface area contributed by atoms with Crippen molar-refractivity contribution >= 4 is 0 Å². The van der Waals surface area contributed by atoms with Gasteiger partial charge in [-0.1, -0.05) is 74.5 Å². The Hall–Kier alpha value is -1.64. The van der Waals surface area contributed by atoms with Gasteiger partial charge in [0.15, 0.2) is 0 Å². The third kappa shape index (κ3) is 3.27. The molecule has 20 heavy (non-hydrogen) atoms. The van der Waals surface area contributed by atoms with Crippen molar-refractivity contribution in [1.82, 2.24) is 0 Å². The Morgan fingerprint density at radius 3 is 1.20 bits per heavy atom. The highest BCUT2D eigenvalue weighted by Gasteiger charge is 2.29. The van der Waals surface area contributed by atoms with E-state index < -0.39 is 12.2 Å². The molecule has 0 aromatic heterocycles. The topological polar surface area (TPSA) is 40.5 Å². The Morgan fingerprint density at radius 1 is 0.600 bits per heavy atom. The van der Waals surface area contributed by atoms with E-state index in [0.717, 1.165) is 11.1 Å². The molecule has 106 valence electrons. The quantitative estimate of drug-likeness (QED) is 0.875. The molecule has 0 spiro atoms.